The molecule has 3 N–H and O–H groups in total. The largest absolute Gasteiger partial charge is 0.347 e. The van der Waals surface area contributed by atoms with Crippen molar-refractivity contribution < 1.29 is 4.79 Å². The fourth-order valence-corrected chi connectivity index (χ4v) is 2.20. The number of halogens is 1. The summed E-state index contributed by atoms with van der Waals surface area (Å²) in [6.07, 6.45) is 1.75. The van der Waals surface area contributed by atoms with E-state index in [2.05, 4.69) is 15.6 Å². The number of hydrogen-bond acceptors (Lipinski definition) is 3. The van der Waals surface area contributed by atoms with E-state index in [4.69, 9.17) is 0 Å². The topological polar surface area (TPSA) is 74.0 Å². The van der Waals surface area contributed by atoms with E-state index in [-0.39, 0.29) is 35.0 Å². The summed E-state index contributed by atoms with van der Waals surface area (Å²) in [5, 5.41) is 6.23. The Morgan fingerprint density at radius 1 is 1.32 bits per heavy atom. The number of carbonyl (C=O) groups is 1. The van der Waals surface area contributed by atoms with Crippen molar-refractivity contribution in [3.05, 3.63) is 33.7 Å². The van der Waals surface area contributed by atoms with Crippen LogP contribution in [0.3, 0.4) is 0 Å². The Morgan fingerprint density at radius 2 is 1.95 bits per heavy atom. The molecule has 0 aliphatic carbocycles. The van der Waals surface area contributed by atoms with Gasteiger partial charge in [0.25, 0.3) is 11.5 Å². The first-order valence-electron chi connectivity index (χ1n) is 6.23. The van der Waals surface area contributed by atoms with Crippen molar-refractivity contribution in [2.24, 2.45) is 0 Å². The molecule has 0 unspecified atom stereocenters. The Bertz CT molecular complexity index is 507. The van der Waals surface area contributed by atoms with Crippen LogP contribution in [0.25, 0.3) is 0 Å². The first kappa shape index (κ1) is 15.7. The van der Waals surface area contributed by atoms with E-state index in [0.717, 1.165) is 31.6 Å². The number of rotatable bonds is 2. The van der Waals surface area contributed by atoms with Gasteiger partial charge in [0.15, 0.2) is 0 Å². The van der Waals surface area contributed by atoms with Gasteiger partial charge in [0.1, 0.15) is 5.56 Å². The molecular formula is C13H20ClN3O2. The van der Waals surface area contributed by atoms with Gasteiger partial charge in [0.05, 0.1) is 0 Å². The van der Waals surface area contributed by atoms with Gasteiger partial charge >= 0.3 is 0 Å². The van der Waals surface area contributed by atoms with Crippen molar-refractivity contribution in [2.45, 2.75) is 32.2 Å². The summed E-state index contributed by atoms with van der Waals surface area (Å²) < 4.78 is 0. The van der Waals surface area contributed by atoms with Crippen molar-refractivity contribution in [2.75, 3.05) is 13.1 Å². The van der Waals surface area contributed by atoms with Crippen LogP contribution in [-0.2, 0) is 0 Å². The van der Waals surface area contributed by atoms with E-state index in [1.54, 1.807) is 19.1 Å². The van der Waals surface area contributed by atoms with Crippen molar-refractivity contribution in [1.29, 1.82) is 0 Å². The molecule has 0 saturated carbocycles. The number of aromatic nitrogens is 1. The molecule has 1 aliphatic heterocycles. The van der Waals surface area contributed by atoms with Gasteiger partial charge < -0.3 is 15.6 Å². The highest BCUT2D eigenvalue weighted by molar-refractivity contribution is 5.94. The minimum atomic E-state index is -0.329. The van der Waals surface area contributed by atoms with E-state index in [1.165, 1.54) is 0 Å². The molecule has 2 rings (SSSR count). The molecule has 1 aliphatic rings. The molecule has 0 aromatic carbocycles. The Balaban J connectivity index is 0.00000180. The van der Waals surface area contributed by atoms with Crippen molar-refractivity contribution in [1.82, 2.24) is 15.6 Å². The highest BCUT2D eigenvalue weighted by Gasteiger charge is 2.29. The number of H-pyrrole nitrogens is 1. The van der Waals surface area contributed by atoms with Gasteiger partial charge in [0.2, 0.25) is 0 Å². The summed E-state index contributed by atoms with van der Waals surface area (Å²) in [5.41, 5.74) is 0.384. The van der Waals surface area contributed by atoms with Crippen molar-refractivity contribution in [3.8, 4) is 0 Å². The highest BCUT2D eigenvalue weighted by Crippen LogP contribution is 2.17. The number of piperidine rings is 1. The Kier molecular flexibility index (Phi) is 5.14. The van der Waals surface area contributed by atoms with Crippen LogP contribution < -0.4 is 16.2 Å². The number of hydrogen-bond donors (Lipinski definition) is 3. The van der Waals surface area contributed by atoms with Crippen LogP contribution in [0.1, 0.15) is 35.8 Å². The fraction of sp³-hybridized carbons (Fsp3) is 0.538. The molecule has 5 nitrogen and oxygen atoms in total. The molecule has 0 radical (unpaired) electrons. The number of aromatic amines is 1. The Morgan fingerprint density at radius 3 is 2.53 bits per heavy atom. The third-order valence-electron chi connectivity index (χ3n) is 3.42. The maximum atomic E-state index is 12.1. The van der Waals surface area contributed by atoms with Gasteiger partial charge in [-0.05, 0) is 51.9 Å². The minimum Gasteiger partial charge on any atom is -0.347 e. The predicted octanol–water partition coefficient (Wildman–Crippen LogP) is 0.977. The molecule has 6 heteroatoms. The SMILES string of the molecule is Cc1ccc(C(=O)NC2(C)CCNCC2)c(=O)[nH]1.Cl. The highest BCUT2D eigenvalue weighted by atomic mass is 35.5. The van der Waals surface area contributed by atoms with E-state index >= 15 is 0 Å². The molecule has 1 aromatic heterocycles. The normalized spacial score (nSPS) is 17.4. The van der Waals surface area contributed by atoms with Gasteiger partial charge in [-0.1, -0.05) is 0 Å². The lowest BCUT2D eigenvalue weighted by Gasteiger charge is -2.34. The maximum Gasteiger partial charge on any atom is 0.260 e. The molecule has 19 heavy (non-hydrogen) atoms. The number of carbonyl (C=O) groups excluding carboxylic acids is 1. The smallest absolute Gasteiger partial charge is 0.260 e. The predicted molar refractivity (Wildman–Crippen MR) is 77.0 cm³/mol. The zero-order valence-electron chi connectivity index (χ0n) is 11.2. The maximum absolute atomic E-state index is 12.1. The molecule has 0 bridgehead atoms. The minimum absolute atomic E-state index is 0. The van der Waals surface area contributed by atoms with Crippen molar-refractivity contribution >= 4 is 18.3 Å². The summed E-state index contributed by atoms with van der Waals surface area (Å²) in [5.74, 6) is -0.291. The average molecular weight is 286 g/mol. The average Bonchev–Trinajstić information content (AvgIpc) is 2.28. The Hall–Kier alpha value is -1.33. The molecule has 1 aromatic rings. The van der Waals surface area contributed by atoms with Crippen LogP contribution >= 0.6 is 12.4 Å². The monoisotopic (exact) mass is 285 g/mol. The van der Waals surface area contributed by atoms with Crippen LogP contribution in [0.2, 0.25) is 0 Å². The van der Waals surface area contributed by atoms with Crippen LogP contribution in [0.4, 0.5) is 0 Å². The number of amides is 1. The second-order valence-corrected chi connectivity index (χ2v) is 5.15. The number of nitrogens with one attached hydrogen (secondary N) is 3. The summed E-state index contributed by atoms with van der Waals surface area (Å²) in [7, 11) is 0. The summed E-state index contributed by atoms with van der Waals surface area (Å²) in [4.78, 5) is 26.4. The molecular weight excluding hydrogens is 266 g/mol. The summed E-state index contributed by atoms with van der Waals surface area (Å²) in [6.45, 7) is 5.59. The zero-order valence-corrected chi connectivity index (χ0v) is 12.0. The third-order valence-corrected chi connectivity index (χ3v) is 3.42. The molecule has 0 spiro atoms. The van der Waals surface area contributed by atoms with Crippen LogP contribution in [0.5, 0.6) is 0 Å². The van der Waals surface area contributed by atoms with Crippen LogP contribution in [-0.4, -0.2) is 29.5 Å². The lowest BCUT2D eigenvalue weighted by atomic mass is 9.90. The Labute approximate surface area is 118 Å². The van der Waals surface area contributed by atoms with Gasteiger partial charge in [-0.15, -0.1) is 12.4 Å². The van der Waals surface area contributed by atoms with Gasteiger partial charge in [0, 0.05) is 11.2 Å². The first-order valence-corrected chi connectivity index (χ1v) is 6.23. The molecule has 2 heterocycles. The van der Waals surface area contributed by atoms with E-state index in [0.29, 0.717) is 0 Å². The van der Waals surface area contributed by atoms with E-state index in [9.17, 15) is 9.59 Å². The summed E-state index contributed by atoms with van der Waals surface area (Å²) in [6, 6.07) is 3.31. The van der Waals surface area contributed by atoms with Gasteiger partial charge in [-0.2, -0.15) is 0 Å². The number of pyridine rings is 1. The van der Waals surface area contributed by atoms with Crippen molar-refractivity contribution in [3.63, 3.8) is 0 Å². The lowest BCUT2D eigenvalue weighted by molar-refractivity contribution is 0.0886. The molecule has 106 valence electrons. The second kappa shape index (κ2) is 6.21. The molecule has 1 amide bonds. The third kappa shape index (κ3) is 3.81. The van der Waals surface area contributed by atoms with Gasteiger partial charge in [-0.3, -0.25) is 9.59 Å². The molecule has 1 saturated heterocycles. The molecule has 0 atom stereocenters. The summed E-state index contributed by atoms with van der Waals surface area (Å²) >= 11 is 0. The quantitative estimate of drug-likeness (QED) is 0.758. The molecule has 1 fully saturated rings. The van der Waals surface area contributed by atoms with Gasteiger partial charge in [-0.25, -0.2) is 0 Å². The zero-order chi connectivity index (χ0) is 13.2. The number of aryl methyl sites for hydroxylation is 1. The first-order chi connectivity index (χ1) is 8.50. The second-order valence-electron chi connectivity index (χ2n) is 5.15. The van der Waals surface area contributed by atoms with Crippen LogP contribution in [0, 0.1) is 6.92 Å². The fourth-order valence-electron chi connectivity index (χ4n) is 2.20. The standard InChI is InChI=1S/C13H19N3O2.ClH/c1-9-3-4-10(11(17)15-9)12(18)16-13(2)5-7-14-8-6-13;/h3-4,14H,5-8H2,1-2H3,(H,15,17)(H,16,18);1H. The van der Waals surface area contributed by atoms with Crippen LogP contribution in [0.15, 0.2) is 16.9 Å². The lowest BCUT2D eigenvalue weighted by Crippen LogP contribution is -2.53. The van der Waals surface area contributed by atoms with E-state index in [1.807, 2.05) is 6.92 Å². The van der Waals surface area contributed by atoms with E-state index < -0.39 is 0 Å².